The highest BCUT2D eigenvalue weighted by atomic mass is 19.1. The molecule has 0 aliphatic heterocycles. The van der Waals surface area contributed by atoms with Crippen LogP contribution in [0, 0.1) is 21.8 Å². The first-order chi connectivity index (χ1) is 8.99. The fourth-order valence-electron chi connectivity index (χ4n) is 2.13. The van der Waals surface area contributed by atoms with Crippen LogP contribution in [-0.4, -0.2) is 10.0 Å². The molecule has 2 rings (SSSR count). The van der Waals surface area contributed by atoms with Crippen LogP contribution in [-0.2, 0) is 0 Å². The second-order valence-corrected chi connectivity index (χ2v) is 4.68. The van der Waals surface area contributed by atoms with Crippen LogP contribution in [0.1, 0.15) is 25.0 Å². The quantitative estimate of drug-likeness (QED) is 0.672. The molecule has 4 nitrogen and oxygen atoms in total. The van der Waals surface area contributed by atoms with Crippen LogP contribution in [0.25, 0.3) is 0 Å². The van der Waals surface area contributed by atoms with Crippen LogP contribution in [0.2, 0.25) is 0 Å². The third kappa shape index (κ3) is 2.88. The molecule has 1 N–H and O–H groups in total. The minimum absolute atomic E-state index is 0.310. The Labute approximate surface area is 110 Å². The third-order valence-corrected chi connectivity index (χ3v) is 3.14. The highest BCUT2D eigenvalue weighted by molar-refractivity contribution is 5.40. The van der Waals surface area contributed by atoms with Crippen molar-refractivity contribution in [3.05, 3.63) is 63.5 Å². The average Bonchev–Trinajstić information content (AvgIpc) is 2.38. The zero-order valence-corrected chi connectivity index (χ0v) is 10.4. The molecule has 0 bridgehead atoms. The fourth-order valence-corrected chi connectivity index (χ4v) is 2.13. The Morgan fingerprint density at radius 3 is 2.89 bits per heavy atom. The Balaban J connectivity index is 2.32. The van der Waals surface area contributed by atoms with E-state index < -0.39 is 22.5 Å². The molecule has 0 saturated heterocycles. The maximum Gasteiger partial charge on any atom is 0.305 e. The summed E-state index contributed by atoms with van der Waals surface area (Å²) in [6.07, 6.45) is 5.41. The number of hydrogen-bond donors (Lipinski definition) is 1. The van der Waals surface area contributed by atoms with Crippen molar-refractivity contribution in [3.8, 4) is 0 Å². The number of allylic oxidation sites excluding steroid dienone is 3. The van der Waals surface area contributed by atoms with Gasteiger partial charge in [0.05, 0.1) is 4.92 Å². The number of hydrogen-bond acceptors (Lipinski definition) is 3. The maximum atomic E-state index is 13.2. The Kier molecular flexibility index (Phi) is 3.76. The summed E-state index contributed by atoms with van der Waals surface area (Å²) in [6, 6.07) is 3.47. The summed E-state index contributed by atoms with van der Waals surface area (Å²) >= 11 is 0. The molecule has 0 amide bonds. The van der Waals surface area contributed by atoms with Crippen molar-refractivity contribution >= 4 is 5.69 Å². The lowest BCUT2D eigenvalue weighted by molar-refractivity contribution is -0.387. The monoisotopic (exact) mass is 263 g/mol. The van der Waals surface area contributed by atoms with Crippen LogP contribution in [0.3, 0.4) is 0 Å². The van der Waals surface area contributed by atoms with Gasteiger partial charge >= 0.3 is 5.69 Å². The van der Waals surface area contributed by atoms with E-state index in [9.17, 15) is 19.6 Å². The summed E-state index contributed by atoms with van der Waals surface area (Å²) in [5.41, 5.74) is 0.495. The predicted octanol–water partition coefficient (Wildman–Crippen LogP) is 3.29. The number of halogens is 1. The summed E-state index contributed by atoms with van der Waals surface area (Å²) in [4.78, 5) is 9.89. The molecule has 2 unspecified atom stereocenters. The van der Waals surface area contributed by atoms with E-state index >= 15 is 0 Å². The molecule has 0 spiro atoms. The van der Waals surface area contributed by atoms with Crippen LogP contribution in [0.15, 0.2) is 42.0 Å². The number of nitro benzene ring substituents is 1. The topological polar surface area (TPSA) is 63.4 Å². The van der Waals surface area contributed by atoms with Crippen molar-refractivity contribution in [2.75, 3.05) is 0 Å². The molecule has 19 heavy (non-hydrogen) atoms. The molecule has 5 heteroatoms. The third-order valence-electron chi connectivity index (χ3n) is 3.14. The van der Waals surface area contributed by atoms with E-state index in [-0.39, 0.29) is 0 Å². The highest BCUT2D eigenvalue weighted by Gasteiger charge is 2.21. The number of nitro groups is 1. The number of aliphatic hydroxyl groups excluding tert-OH is 1. The van der Waals surface area contributed by atoms with Crippen LogP contribution < -0.4 is 0 Å². The summed E-state index contributed by atoms with van der Waals surface area (Å²) in [5.74, 6) is -0.586. The average molecular weight is 263 g/mol. The molecule has 0 saturated carbocycles. The Bertz CT molecular complexity index is 566. The van der Waals surface area contributed by atoms with Gasteiger partial charge in [0.2, 0.25) is 5.82 Å². The van der Waals surface area contributed by atoms with Gasteiger partial charge in [-0.05, 0) is 29.5 Å². The summed E-state index contributed by atoms with van der Waals surface area (Å²) < 4.78 is 13.2. The lowest BCUT2D eigenvalue weighted by atomic mass is 9.89. The molecule has 0 fully saturated rings. The molecule has 1 aliphatic rings. The molecule has 1 aromatic carbocycles. The number of aliphatic hydroxyl groups is 1. The van der Waals surface area contributed by atoms with E-state index in [2.05, 4.69) is 0 Å². The van der Waals surface area contributed by atoms with Crippen molar-refractivity contribution in [3.63, 3.8) is 0 Å². The van der Waals surface area contributed by atoms with Crippen molar-refractivity contribution in [2.24, 2.45) is 5.92 Å². The summed E-state index contributed by atoms with van der Waals surface area (Å²) in [7, 11) is 0. The highest BCUT2D eigenvalue weighted by Crippen LogP contribution is 2.32. The second kappa shape index (κ2) is 5.32. The number of benzene rings is 1. The minimum Gasteiger partial charge on any atom is -0.384 e. The van der Waals surface area contributed by atoms with E-state index in [1.807, 2.05) is 19.1 Å². The minimum atomic E-state index is -0.938. The first kappa shape index (κ1) is 13.4. The van der Waals surface area contributed by atoms with Gasteiger partial charge in [-0.25, -0.2) is 0 Å². The van der Waals surface area contributed by atoms with Crippen LogP contribution >= 0.6 is 0 Å². The fraction of sp³-hybridized carbons (Fsp3) is 0.286. The molecule has 1 aliphatic carbocycles. The number of nitrogens with zero attached hydrogens (tertiary/aromatic N) is 1. The largest absolute Gasteiger partial charge is 0.384 e. The number of rotatable bonds is 3. The molecule has 0 aromatic heterocycles. The van der Waals surface area contributed by atoms with E-state index in [1.165, 1.54) is 6.07 Å². The van der Waals surface area contributed by atoms with Crippen molar-refractivity contribution < 1.29 is 14.4 Å². The van der Waals surface area contributed by atoms with Gasteiger partial charge in [-0.2, -0.15) is 4.39 Å². The van der Waals surface area contributed by atoms with Gasteiger partial charge in [0, 0.05) is 6.07 Å². The molecule has 0 radical (unpaired) electrons. The van der Waals surface area contributed by atoms with Crippen LogP contribution in [0.4, 0.5) is 10.1 Å². The first-order valence-corrected chi connectivity index (χ1v) is 5.98. The Morgan fingerprint density at radius 2 is 2.26 bits per heavy atom. The van der Waals surface area contributed by atoms with Gasteiger partial charge in [0.25, 0.3) is 0 Å². The first-order valence-electron chi connectivity index (χ1n) is 5.98. The molecule has 2 atom stereocenters. The van der Waals surface area contributed by atoms with Gasteiger partial charge in [0.15, 0.2) is 0 Å². The van der Waals surface area contributed by atoms with Gasteiger partial charge < -0.3 is 5.11 Å². The summed E-state index contributed by atoms with van der Waals surface area (Å²) in [6.45, 7) is 2.02. The van der Waals surface area contributed by atoms with Crippen LogP contribution in [0.5, 0.6) is 0 Å². The molecular weight excluding hydrogens is 249 g/mol. The Morgan fingerprint density at radius 1 is 1.53 bits per heavy atom. The van der Waals surface area contributed by atoms with Gasteiger partial charge in [0.1, 0.15) is 6.10 Å². The zero-order valence-electron chi connectivity index (χ0n) is 10.4. The predicted molar refractivity (Wildman–Crippen MR) is 69.0 cm³/mol. The van der Waals surface area contributed by atoms with Gasteiger partial charge in [-0.1, -0.05) is 31.2 Å². The smallest absolute Gasteiger partial charge is 0.305 e. The van der Waals surface area contributed by atoms with E-state index in [4.69, 9.17) is 0 Å². The van der Waals surface area contributed by atoms with Crippen molar-refractivity contribution in [2.45, 2.75) is 19.4 Å². The van der Waals surface area contributed by atoms with Crippen molar-refractivity contribution in [1.82, 2.24) is 0 Å². The standard InChI is InChI=1S/C14H14FNO3/c1-9-3-2-4-10(7-9)14(17)11-5-6-12(15)13(8-11)16(18)19/h2-6,8-9,14,17H,7H2,1H3. The molecule has 0 heterocycles. The lowest BCUT2D eigenvalue weighted by Crippen LogP contribution is -2.08. The second-order valence-electron chi connectivity index (χ2n) is 4.68. The SMILES string of the molecule is CC1C=CC=C(C(O)c2ccc(F)c([N+](=O)[O-])c2)C1. The van der Waals surface area contributed by atoms with Crippen molar-refractivity contribution in [1.29, 1.82) is 0 Å². The lowest BCUT2D eigenvalue weighted by Gasteiger charge is -2.20. The van der Waals surface area contributed by atoms with E-state index in [0.717, 1.165) is 17.7 Å². The molecular formula is C14H14FNO3. The van der Waals surface area contributed by atoms with E-state index in [1.54, 1.807) is 6.08 Å². The van der Waals surface area contributed by atoms with Gasteiger partial charge in [-0.15, -0.1) is 0 Å². The molecule has 1 aromatic rings. The molecule has 100 valence electrons. The maximum absolute atomic E-state index is 13.2. The Hall–Kier alpha value is -2.01. The zero-order chi connectivity index (χ0) is 14.0. The van der Waals surface area contributed by atoms with Gasteiger partial charge in [-0.3, -0.25) is 10.1 Å². The summed E-state index contributed by atoms with van der Waals surface area (Å²) in [5, 5.41) is 20.9. The van der Waals surface area contributed by atoms with E-state index in [0.29, 0.717) is 17.9 Å². The normalized spacial score (nSPS) is 19.9.